The number of carbonyl (C=O) groups excluding carboxylic acids is 1. The van der Waals surface area contributed by atoms with Crippen LogP contribution in [0.2, 0.25) is 0 Å². The normalized spacial score (nSPS) is 14.2. The number of hydrogen-bond donors (Lipinski definition) is 1. The largest absolute Gasteiger partial charge is 0.347 e. The summed E-state index contributed by atoms with van der Waals surface area (Å²) < 4.78 is 27.9. The van der Waals surface area contributed by atoms with Crippen LogP contribution in [0.1, 0.15) is 16.1 Å². The van der Waals surface area contributed by atoms with Crippen LogP contribution in [0.15, 0.2) is 41.4 Å². The predicted octanol–water partition coefficient (Wildman–Crippen LogP) is 1.14. The van der Waals surface area contributed by atoms with E-state index in [1.54, 1.807) is 33.7 Å². The molecule has 22 heavy (non-hydrogen) atoms. The van der Waals surface area contributed by atoms with Crippen molar-refractivity contribution in [3.8, 4) is 0 Å². The van der Waals surface area contributed by atoms with Crippen LogP contribution < -0.4 is 9.62 Å². The molecule has 0 atom stereocenters. The average Bonchev–Trinajstić information content (AvgIpc) is 3.12. The molecule has 3 rings (SSSR count). The van der Waals surface area contributed by atoms with Crippen LogP contribution >= 0.6 is 0 Å². The molecule has 0 spiro atoms. The summed E-state index contributed by atoms with van der Waals surface area (Å²) in [6.07, 6.45) is 2.54. The standard InChI is InChI=1S/C15H17N3O3S/c1-16-22(20,21)12-6-5-11-7-9-18(14(11)10-12)15(19)13-4-3-8-17(13)2/h3-6,8,10,16H,7,9H2,1-2H3. The lowest BCUT2D eigenvalue weighted by molar-refractivity contribution is 0.0981. The molecule has 0 radical (unpaired) electrons. The lowest BCUT2D eigenvalue weighted by Crippen LogP contribution is -2.30. The number of fused-ring (bicyclic) bond motifs is 1. The van der Waals surface area contributed by atoms with E-state index in [1.807, 2.05) is 19.3 Å². The highest BCUT2D eigenvalue weighted by molar-refractivity contribution is 7.89. The Balaban J connectivity index is 2.02. The van der Waals surface area contributed by atoms with Gasteiger partial charge in [-0.15, -0.1) is 0 Å². The van der Waals surface area contributed by atoms with Gasteiger partial charge in [0.25, 0.3) is 5.91 Å². The molecule has 1 N–H and O–H groups in total. The van der Waals surface area contributed by atoms with Gasteiger partial charge in [-0.3, -0.25) is 4.79 Å². The quantitative estimate of drug-likeness (QED) is 0.922. The first-order chi connectivity index (χ1) is 10.4. The first kappa shape index (κ1) is 14.8. The van der Waals surface area contributed by atoms with Crippen molar-refractivity contribution in [1.29, 1.82) is 0 Å². The van der Waals surface area contributed by atoms with Crippen LogP contribution in [0.5, 0.6) is 0 Å². The number of aryl methyl sites for hydroxylation is 1. The summed E-state index contributed by atoms with van der Waals surface area (Å²) in [5, 5.41) is 0. The third-order valence-corrected chi connectivity index (χ3v) is 5.35. The molecule has 1 aromatic carbocycles. The molecular weight excluding hydrogens is 302 g/mol. The Bertz CT molecular complexity index is 839. The van der Waals surface area contributed by atoms with Crippen molar-refractivity contribution in [2.24, 2.45) is 7.05 Å². The Morgan fingerprint density at radius 3 is 2.68 bits per heavy atom. The molecule has 2 heterocycles. The second kappa shape index (κ2) is 5.26. The molecule has 1 aromatic heterocycles. The van der Waals surface area contributed by atoms with Gasteiger partial charge in [-0.25, -0.2) is 13.1 Å². The molecule has 1 aliphatic heterocycles. The molecule has 0 aliphatic carbocycles. The highest BCUT2D eigenvalue weighted by atomic mass is 32.2. The van der Waals surface area contributed by atoms with Crippen molar-refractivity contribution in [2.75, 3.05) is 18.5 Å². The summed E-state index contributed by atoms with van der Waals surface area (Å²) in [5.74, 6) is -0.120. The minimum Gasteiger partial charge on any atom is -0.347 e. The van der Waals surface area contributed by atoms with Crippen molar-refractivity contribution in [1.82, 2.24) is 9.29 Å². The maximum atomic E-state index is 12.7. The fraction of sp³-hybridized carbons (Fsp3) is 0.267. The Hall–Kier alpha value is -2.12. The van der Waals surface area contributed by atoms with Crippen LogP contribution in [-0.4, -0.2) is 32.5 Å². The van der Waals surface area contributed by atoms with E-state index >= 15 is 0 Å². The first-order valence-corrected chi connectivity index (χ1v) is 8.42. The third kappa shape index (κ3) is 2.32. The van der Waals surface area contributed by atoms with Crippen molar-refractivity contribution in [2.45, 2.75) is 11.3 Å². The van der Waals surface area contributed by atoms with E-state index in [1.165, 1.54) is 7.05 Å². The fourth-order valence-corrected chi connectivity index (χ4v) is 3.43. The molecule has 7 heteroatoms. The highest BCUT2D eigenvalue weighted by Gasteiger charge is 2.28. The van der Waals surface area contributed by atoms with Crippen LogP contribution in [0.4, 0.5) is 5.69 Å². The molecule has 0 bridgehead atoms. The zero-order chi connectivity index (χ0) is 15.9. The number of hydrogen-bond acceptors (Lipinski definition) is 3. The molecule has 6 nitrogen and oxygen atoms in total. The second-order valence-corrected chi connectivity index (χ2v) is 7.10. The number of carbonyl (C=O) groups is 1. The topological polar surface area (TPSA) is 71.4 Å². The zero-order valence-electron chi connectivity index (χ0n) is 12.4. The van der Waals surface area contributed by atoms with Crippen molar-refractivity contribution in [3.63, 3.8) is 0 Å². The summed E-state index contributed by atoms with van der Waals surface area (Å²) in [6, 6.07) is 8.48. The van der Waals surface area contributed by atoms with Crippen molar-refractivity contribution in [3.05, 3.63) is 47.8 Å². The molecule has 1 aliphatic rings. The van der Waals surface area contributed by atoms with Gasteiger partial charge in [-0.1, -0.05) is 6.07 Å². The number of sulfonamides is 1. The monoisotopic (exact) mass is 319 g/mol. The first-order valence-electron chi connectivity index (χ1n) is 6.94. The minimum atomic E-state index is -3.52. The van der Waals surface area contributed by atoms with Crippen LogP contribution in [-0.2, 0) is 23.5 Å². The lowest BCUT2D eigenvalue weighted by atomic mass is 10.2. The predicted molar refractivity (Wildman–Crippen MR) is 83.5 cm³/mol. The number of nitrogens with one attached hydrogen (secondary N) is 1. The van der Waals surface area contributed by atoms with E-state index in [0.29, 0.717) is 17.9 Å². The summed E-state index contributed by atoms with van der Waals surface area (Å²) in [5.41, 5.74) is 2.23. The van der Waals surface area contributed by atoms with Gasteiger partial charge < -0.3 is 9.47 Å². The van der Waals surface area contributed by atoms with E-state index in [9.17, 15) is 13.2 Å². The Kier molecular flexibility index (Phi) is 3.54. The van der Waals surface area contributed by atoms with Gasteiger partial charge >= 0.3 is 0 Å². The van der Waals surface area contributed by atoms with Crippen LogP contribution in [0, 0.1) is 0 Å². The smallest absolute Gasteiger partial charge is 0.274 e. The maximum Gasteiger partial charge on any atom is 0.274 e. The van der Waals surface area contributed by atoms with E-state index < -0.39 is 10.0 Å². The van der Waals surface area contributed by atoms with Crippen LogP contribution in [0.3, 0.4) is 0 Å². The van der Waals surface area contributed by atoms with Gasteiger partial charge in [0.05, 0.1) is 4.90 Å². The Labute approximate surface area is 129 Å². The second-order valence-electron chi connectivity index (χ2n) is 5.21. The highest BCUT2D eigenvalue weighted by Crippen LogP contribution is 2.31. The molecule has 0 saturated heterocycles. The van der Waals surface area contributed by atoms with Crippen LogP contribution in [0.25, 0.3) is 0 Å². The maximum absolute atomic E-state index is 12.7. The molecule has 116 valence electrons. The molecule has 1 amide bonds. The van der Waals surface area contributed by atoms with Crippen molar-refractivity contribution < 1.29 is 13.2 Å². The average molecular weight is 319 g/mol. The lowest BCUT2D eigenvalue weighted by Gasteiger charge is -2.18. The Morgan fingerprint density at radius 2 is 2.05 bits per heavy atom. The van der Waals surface area contributed by atoms with Gasteiger partial charge in [0.1, 0.15) is 5.69 Å². The van der Waals surface area contributed by atoms with Crippen molar-refractivity contribution >= 4 is 21.6 Å². The molecular formula is C15H17N3O3S. The third-order valence-electron chi connectivity index (χ3n) is 3.94. The molecule has 0 saturated carbocycles. The summed E-state index contributed by atoms with van der Waals surface area (Å²) in [4.78, 5) is 14.5. The molecule has 2 aromatic rings. The van der Waals surface area contributed by atoms with E-state index in [0.717, 1.165) is 12.0 Å². The molecule has 0 fully saturated rings. The van der Waals surface area contributed by atoms with E-state index in [2.05, 4.69) is 4.72 Å². The van der Waals surface area contributed by atoms with E-state index in [-0.39, 0.29) is 10.8 Å². The summed E-state index contributed by atoms with van der Waals surface area (Å²) in [7, 11) is -0.342. The summed E-state index contributed by atoms with van der Waals surface area (Å²) in [6.45, 7) is 0.558. The number of aromatic nitrogens is 1. The zero-order valence-corrected chi connectivity index (χ0v) is 13.2. The number of anilines is 1. The fourth-order valence-electron chi connectivity index (χ4n) is 2.68. The minimum absolute atomic E-state index is 0.120. The van der Waals surface area contributed by atoms with Gasteiger partial charge in [-0.05, 0) is 43.3 Å². The number of nitrogens with zero attached hydrogens (tertiary/aromatic N) is 2. The van der Waals surface area contributed by atoms with Gasteiger partial charge in [0, 0.05) is 25.5 Å². The molecule has 0 unspecified atom stereocenters. The SMILES string of the molecule is CNS(=O)(=O)c1ccc2c(c1)N(C(=O)c1cccn1C)CC2. The number of amides is 1. The van der Waals surface area contributed by atoms with Gasteiger partial charge in [0.15, 0.2) is 0 Å². The van der Waals surface area contributed by atoms with Gasteiger partial charge in [0.2, 0.25) is 10.0 Å². The van der Waals surface area contributed by atoms with Gasteiger partial charge in [-0.2, -0.15) is 0 Å². The summed E-state index contributed by atoms with van der Waals surface area (Å²) >= 11 is 0. The number of benzene rings is 1. The van der Waals surface area contributed by atoms with E-state index in [4.69, 9.17) is 0 Å². The number of rotatable bonds is 3. The Morgan fingerprint density at radius 1 is 1.27 bits per heavy atom.